The first-order valence-corrected chi connectivity index (χ1v) is 7.07. The molecule has 4 nitrogen and oxygen atoms in total. The van der Waals surface area contributed by atoms with Gasteiger partial charge in [-0.05, 0) is 18.8 Å². The second-order valence-corrected chi connectivity index (χ2v) is 6.65. The predicted molar refractivity (Wildman–Crippen MR) is 66.2 cm³/mol. The zero-order chi connectivity index (χ0) is 13.4. The Bertz CT molecular complexity index is 496. The van der Waals surface area contributed by atoms with E-state index < -0.39 is 0 Å². The molecule has 2 aliphatic carbocycles. The molecule has 2 aliphatic heterocycles. The van der Waals surface area contributed by atoms with Crippen molar-refractivity contribution in [2.24, 2.45) is 23.2 Å². The lowest BCUT2D eigenvalue weighted by Gasteiger charge is -2.30. The molecule has 0 aromatic heterocycles. The fourth-order valence-corrected chi connectivity index (χ4v) is 4.91. The molecule has 3 unspecified atom stereocenters. The highest BCUT2D eigenvalue weighted by atomic mass is 16.6. The van der Waals surface area contributed by atoms with E-state index in [9.17, 15) is 9.59 Å². The highest BCUT2D eigenvalue weighted by Gasteiger charge is 2.65. The molecule has 6 atom stereocenters. The highest BCUT2D eigenvalue weighted by molar-refractivity contribution is 5.92. The molecule has 4 heteroatoms. The van der Waals surface area contributed by atoms with Crippen molar-refractivity contribution in [1.82, 2.24) is 0 Å². The Morgan fingerprint density at radius 2 is 2.11 bits per heavy atom. The van der Waals surface area contributed by atoms with Gasteiger partial charge in [0.1, 0.15) is 11.9 Å². The van der Waals surface area contributed by atoms with Gasteiger partial charge >= 0.3 is 5.97 Å². The Morgan fingerprint density at radius 1 is 1.32 bits per heavy atom. The van der Waals surface area contributed by atoms with Crippen LogP contribution in [0.1, 0.15) is 26.2 Å². The lowest BCUT2D eigenvalue weighted by molar-refractivity contribution is -0.139. The lowest BCUT2D eigenvalue weighted by atomic mass is 9.70. The topological polar surface area (TPSA) is 52.6 Å². The number of fused-ring (bicyclic) bond motifs is 1. The molecular weight excluding hydrogens is 244 g/mol. The van der Waals surface area contributed by atoms with E-state index in [-0.39, 0.29) is 29.5 Å². The molecule has 0 N–H and O–H groups in total. The molecule has 0 spiro atoms. The number of carbonyl (C=O) groups excluding carboxylic acids is 2. The number of esters is 1. The first-order valence-electron chi connectivity index (χ1n) is 7.07. The number of ether oxygens (including phenoxy) is 2. The number of Topliss-reactive ketones (excluding diaryl/α,β-unsaturated/α-hetero) is 1. The van der Waals surface area contributed by atoms with Crippen LogP contribution >= 0.6 is 0 Å². The van der Waals surface area contributed by atoms with Gasteiger partial charge in [-0.25, -0.2) is 4.79 Å². The quantitative estimate of drug-likeness (QED) is 0.490. The number of rotatable bonds is 0. The predicted octanol–water partition coefficient (Wildman–Crippen LogP) is 1.49. The monoisotopic (exact) mass is 262 g/mol. The summed E-state index contributed by atoms with van der Waals surface area (Å²) in [5.74, 6) is 0.709. The molecule has 19 heavy (non-hydrogen) atoms. The third-order valence-corrected chi connectivity index (χ3v) is 5.75. The maximum atomic E-state index is 12.4. The number of hydrogen-bond donors (Lipinski definition) is 0. The van der Waals surface area contributed by atoms with Crippen molar-refractivity contribution < 1.29 is 19.1 Å². The Labute approximate surface area is 112 Å². The van der Waals surface area contributed by atoms with E-state index in [0.717, 1.165) is 6.42 Å². The van der Waals surface area contributed by atoms with Crippen LogP contribution in [0.15, 0.2) is 12.2 Å². The zero-order valence-electron chi connectivity index (χ0n) is 11.1. The molecule has 2 bridgehead atoms. The molecule has 102 valence electrons. The largest absolute Gasteiger partial charge is 0.458 e. The fourth-order valence-electron chi connectivity index (χ4n) is 4.91. The smallest absolute Gasteiger partial charge is 0.334 e. The second-order valence-electron chi connectivity index (χ2n) is 6.65. The molecule has 2 heterocycles. The average molecular weight is 262 g/mol. The van der Waals surface area contributed by atoms with Gasteiger partial charge in [0.05, 0.1) is 18.1 Å². The number of carbonyl (C=O) groups is 2. The van der Waals surface area contributed by atoms with Gasteiger partial charge in [-0.15, -0.1) is 0 Å². The lowest BCUT2D eigenvalue weighted by Crippen LogP contribution is -2.37. The van der Waals surface area contributed by atoms with E-state index in [0.29, 0.717) is 42.6 Å². The van der Waals surface area contributed by atoms with E-state index >= 15 is 0 Å². The van der Waals surface area contributed by atoms with Crippen LogP contribution < -0.4 is 0 Å². The Kier molecular flexibility index (Phi) is 2.13. The number of ketones is 1. The summed E-state index contributed by atoms with van der Waals surface area (Å²) in [5.41, 5.74) is 0.177. The average Bonchev–Trinajstić information content (AvgIpc) is 2.90. The Balaban J connectivity index is 1.78. The first kappa shape index (κ1) is 11.6. The zero-order valence-corrected chi connectivity index (χ0v) is 11.1. The molecule has 0 radical (unpaired) electrons. The maximum Gasteiger partial charge on any atom is 0.334 e. The molecule has 0 aromatic rings. The van der Waals surface area contributed by atoms with E-state index in [1.807, 2.05) is 0 Å². The molecule has 2 saturated carbocycles. The summed E-state index contributed by atoms with van der Waals surface area (Å²) in [6, 6.07) is 0. The third kappa shape index (κ3) is 1.28. The molecule has 4 fully saturated rings. The summed E-state index contributed by atoms with van der Waals surface area (Å²) >= 11 is 0. The fraction of sp³-hybridized carbons (Fsp3) is 0.733. The molecule has 2 saturated heterocycles. The summed E-state index contributed by atoms with van der Waals surface area (Å²) in [5, 5.41) is 0. The van der Waals surface area contributed by atoms with E-state index in [4.69, 9.17) is 9.47 Å². The van der Waals surface area contributed by atoms with Gasteiger partial charge in [0, 0.05) is 23.8 Å². The van der Waals surface area contributed by atoms with E-state index in [2.05, 4.69) is 13.5 Å². The van der Waals surface area contributed by atoms with Gasteiger partial charge in [-0.2, -0.15) is 0 Å². The molecule has 0 amide bonds. The molecule has 4 rings (SSSR count). The molecule has 4 aliphatic rings. The van der Waals surface area contributed by atoms with Crippen LogP contribution in [0.3, 0.4) is 0 Å². The molecule has 0 aromatic carbocycles. The van der Waals surface area contributed by atoms with Crippen LogP contribution in [0.5, 0.6) is 0 Å². The van der Waals surface area contributed by atoms with Crippen molar-refractivity contribution in [3.05, 3.63) is 12.2 Å². The summed E-state index contributed by atoms with van der Waals surface area (Å²) in [6.45, 7) is 6.57. The highest BCUT2D eigenvalue weighted by Crippen LogP contribution is 2.59. The normalized spacial score (nSPS) is 51.8. The summed E-state index contributed by atoms with van der Waals surface area (Å²) in [6.07, 6.45) is 2.07. The van der Waals surface area contributed by atoms with Crippen molar-refractivity contribution in [2.75, 3.05) is 6.61 Å². The van der Waals surface area contributed by atoms with Gasteiger partial charge in [-0.1, -0.05) is 13.5 Å². The van der Waals surface area contributed by atoms with Crippen molar-refractivity contribution >= 4 is 11.8 Å². The minimum absolute atomic E-state index is 0.00403. The van der Waals surface area contributed by atoms with Gasteiger partial charge in [0.2, 0.25) is 0 Å². The Morgan fingerprint density at radius 3 is 2.84 bits per heavy atom. The minimum atomic E-state index is -0.375. The van der Waals surface area contributed by atoms with Crippen LogP contribution in [0, 0.1) is 23.2 Å². The van der Waals surface area contributed by atoms with E-state index in [1.165, 1.54) is 0 Å². The maximum absolute atomic E-state index is 12.4. The van der Waals surface area contributed by atoms with Crippen LogP contribution in [-0.4, -0.2) is 30.6 Å². The third-order valence-electron chi connectivity index (χ3n) is 5.75. The van der Waals surface area contributed by atoms with Crippen molar-refractivity contribution in [2.45, 2.75) is 38.4 Å². The van der Waals surface area contributed by atoms with Crippen LogP contribution in [-0.2, 0) is 19.1 Å². The van der Waals surface area contributed by atoms with Crippen LogP contribution in [0.4, 0.5) is 0 Å². The standard InChI is InChI=1S/C15H18O4/c1-7-3-10-9(8(2)14(17)19-10)5-15-6-18-11(13(7)15)4-12(15)16/h7,9-11,13H,2-6H2,1H3/t7-,9?,10?,11-,13?,15+/m1/s1. The van der Waals surface area contributed by atoms with Crippen molar-refractivity contribution in [1.29, 1.82) is 0 Å². The first-order chi connectivity index (χ1) is 9.03. The van der Waals surface area contributed by atoms with Gasteiger partial charge in [-0.3, -0.25) is 4.79 Å². The Hall–Kier alpha value is -1.16. The summed E-state index contributed by atoms with van der Waals surface area (Å²) in [7, 11) is 0. The summed E-state index contributed by atoms with van der Waals surface area (Å²) in [4.78, 5) is 24.1. The number of hydrogen-bond acceptors (Lipinski definition) is 4. The van der Waals surface area contributed by atoms with E-state index in [1.54, 1.807) is 0 Å². The van der Waals surface area contributed by atoms with Crippen LogP contribution in [0.25, 0.3) is 0 Å². The minimum Gasteiger partial charge on any atom is -0.458 e. The van der Waals surface area contributed by atoms with Crippen molar-refractivity contribution in [3.63, 3.8) is 0 Å². The van der Waals surface area contributed by atoms with Crippen molar-refractivity contribution in [3.8, 4) is 0 Å². The SMILES string of the molecule is C=C1C(=O)OC2C[C@@H](C)C3[C@H]4CC(=O)[C@@]3(CO4)CC12. The summed E-state index contributed by atoms with van der Waals surface area (Å²) < 4.78 is 11.3. The second kappa shape index (κ2) is 3.48. The van der Waals surface area contributed by atoms with Gasteiger partial charge in [0.25, 0.3) is 0 Å². The van der Waals surface area contributed by atoms with Gasteiger partial charge in [0.15, 0.2) is 0 Å². The van der Waals surface area contributed by atoms with Crippen LogP contribution in [0.2, 0.25) is 0 Å². The molecular formula is C15H18O4. The van der Waals surface area contributed by atoms with Gasteiger partial charge < -0.3 is 9.47 Å².